The van der Waals surface area contributed by atoms with E-state index in [1.807, 2.05) is 12.1 Å². The molecule has 2 aromatic rings. The van der Waals surface area contributed by atoms with Crippen molar-refractivity contribution in [3.05, 3.63) is 30.6 Å². The molecule has 0 saturated heterocycles. The third kappa shape index (κ3) is 2.59. The van der Waals surface area contributed by atoms with Gasteiger partial charge in [-0.2, -0.15) is 0 Å². The summed E-state index contributed by atoms with van der Waals surface area (Å²) in [6.45, 7) is 4.61. The fraction of sp³-hybridized carbons (Fsp3) is 0.500. The molecule has 0 radical (unpaired) electrons. The van der Waals surface area contributed by atoms with Crippen LogP contribution in [-0.4, -0.2) is 26.2 Å². The smallest absolute Gasteiger partial charge is 0.143 e. The number of anilines is 1. The Morgan fingerprint density at radius 2 is 2.16 bits per heavy atom. The van der Waals surface area contributed by atoms with Crippen LogP contribution < -0.4 is 5.32 Å². The molecule has 0 unspecified atom stereocenters. The van der Waals surface area contributed by atoms with Crippen LogP contribution in [0.1, 0.15) is 26.7 Å². The van der Waals surface area contributed by atoms with E-state index < -0.39 is 0 Å². The first-order chi connectivity index (χ1) is 9.22. The van der Waals surface area contributed by atoms with Gasteiger partial charge in [0.15, 0.2) is 0 Å². The van der Waals surface area contributed by atoms with Gasteiger partial charge in [-0.05, 0) is 53.3 Å². The Balaban J connectivity index is 1.65. The minimum atomic E-state index is 0.608. The molecule has 0 spiro atoms. The van der Waals surface area contributed by atoms with Crippen molar-refractivity contribution in [3.8, 4) is 5.69 Å². The normalized spacial score (nSPS) is 22.3. The highest BCUT2D eigenvalue weighted by Crippen LogP contribution is 2.35. The molecule has 0 amide bonds. The molecule has 0 aliphatic heterocycles. The van der Waals surface area contributed by atoms with Gasteiger partial charge in [-0.3, -0.25) is 0 Å². The molecule has 1 heterocycles. The number of nitrogens with one attached hydrogen (secondary N) is 1. The standard InChI is InChI=1S/C14H19N5/c1-10(2)11-6-13(7-11)16-12-4-3-5-14(8-12)19-9-15-17-18-19/h3-5,8-11,13,16H,6-7H2,1-2H3. The highest BCUT2D eigenvalue weighted by atomic mass is 15.5. The Kier molecular flexibility index (Phi) is 3.19. The summed E-state index contributed by atoms with van der Waals surface area (Å²) in [4.78, 5) is 0. The van der Waals surface area contributed by atoms with E-state index in [0.29, 0.717) is 6.04 Å². The predicted octanol–water partition coefficient (Wildman–Crippen LogP) is 2.51. The highest BCUT2D eigenvalue weighted by Gasteiger charge is 2.30. The summed E-state index contributed by atoms with van der Waals surface area (Å²) in [6.07, 6.45) is 4.15. The SMILES string of the molecule is CC(C)C1CC(Nc2cccc(-n3cnnn3)c2)C1. The quantitative estimate of drug-likeness (QED) is 0.914. The van der Waals surface area contributed by atoms with Gasteiger partial charge in [0.2, 0.25) is 0 Å². The van der Waals surface area contributed by atoms with E-state index in [4.69, 9.17) is 0 Å². The van der Waals surface area contributed by atoms with Gasteiger partial charge < -0.3 is 5.32 Å². The lowest BCUT2D eigenvalue weighted by Gasteiger charge is -2.39. The number of hydrogen-bond acceptors (Lipinski definition) is 4. The lowest BCUT2D eigenvalue weighted by Crippen LogP contribution is -2.37. The Morgan fingerprint density at radius 1 is 1.32 bits per heavy atom. The van der Waals surface area contributed by atoms with Crippen LogP contribution in [-0.2, 0) is 0 Å². The number of hydrogen-bond donors (Lipinski definition) is 1. The first-order valence-electron chi connectivity index (χ1n) is 6.82. The molecule has 3 rings (SSSR count). The lowest BCUT2D eigenvalue weighted by atomic mass is 9.73. The largest absolute Gasteiger partial charge is 0.382 e. The van der Waals surface area contributed by atoms with E-state index in [9.17, 15) is 0 Å². The average molecular weight is 257 g/mol. The predicted molar refractivity (Wildman–Crippen MR) is 74.1 cm³/mol. The molecule has 1 aromatic carbocycles. The monoisotopic (exact) mass is 257 g/mol. The third-order valence-electron chi connectivity index (χ3n) is 3.95. The Bertz CT molecular complexity index is 529. The van der Waals surface area contributed by atoms with Crippen LogP contribution in [0.2, 0.25) is 0 Å². The molecular formula is C14H19N5. The number of benzene rings is 1. The van der Waals surface area contributed by atoms with E-state index >= 15 is 0 Å². The van der Waals surface area contributed by atoms with Gasteiger partial charge in [-0.25, -0.2) is 4.68 Å². The van der Waals surface area contributed by atoms with Crippen molar-refractivity contribution in [2.24, 2.45) is 11.8 Å². The molecule has 5 heteroatoms. The molecule has 0 bridgehead atoms. The van der Waals surface area contributed by atoms with Gasteiger partial charge in [-0.1, -0.05) is 19.9 Å². The topological polar surface area (TPSA) is 55.6 Å². The van der Waals surface area contributed by atoms with Crippen LogP contribution in [0, 0.1) is 11.8 Å². The van der Waals surface area contributed by atoms with Crippen molar-refractivity contribution in [3.63, 3.8) is 0 Å². The molecule has 1 aliphatic rings. The lowest BCUT2D eigenvalue weighted by molar-refractivity contribution is 0.212. The molecule has 1 aromatic heterocycles. The minimum absolute atomic E-state index is 0.608. The maximum absolute atomic E-state index is 3.90. The summed E-state index contributed by atoms with van der Waals surface area (Å²) in [5.41, 5.74) is 2.12. The molecule has 1 fully saturated rings. The van der Waals surface area contributed by atoms with Gasteiger partial charge in [0.1, 0.15) is 6.33 Å². The van der Waals surface area contributed by atoms with E-state index in [1.54, 1.807) is 11.0 Å². The Labute approximate surface area is 113 Å². The van der Waals surface area contributed by atoms with Crippen molar-refractivity contribution in [1.82, 2.24) is 20.2 Å². The van der Waals surface area contributed by atoms with Crippen LogP contribution in [0.5, 0.6) is 0 Å². The minimum Gasteiger partial charge on any atom is -0.382 e. The second-order valence-corrected chi connectivity index (χ2v) is 5.62. The number of tetrazole rings is 1. The van der Waals surface area contributed by atoms with Gasteiger partial charge in [0.25, 0.3) is 0 Å². The Hall–Kier alpha value is -1.91. The average Bonchev–Trinajstić information content (AvgIpc) is 2.87. The van der Waals surface area contributed by atoms with Crippen molar-refractivity contribution in [2.75, 3.05) is 5.32 Å². The molecule has 19 heavy (non-hydrogen) atoms. The first-order valence-corrected chi connectivity index (χ1v) is 6.82. The fourth-order valence-corrected chi connectivity index (χ4v) is 2.58. The van der Waals surface area contributed by atoms with Crippen molar-refractivity contribution >= 4 is 5.69 Å². The van der Waals surface area contributed by atoms with Crippen LogP contribution in [0.4, 0.5) is 5.69 Å². The summed E-state index contributed by atoms with van der Waals surface area (Å²) in [5.74, 6) is 1.67. The van der Waals surface area contributed by atoms with Gasteiger partial charge >= 0.3 is 0 Å². The number of aromatic nitrogens is 4. The van der Waals surface area contributed by atoms with Crippen LogP contribution in [0.25, 0.3) is 5.69 Å². The van der Waals surface area contributed by atoms with Crippen molar-refractivity contribution in [1.29, 1.82) is 0 Å². The van der Waals surface area contributed by atoms with E-state index in [2.05, 4.69) is 46.8 Å². The molecule has 1 aliphatic carbocycles. The van der Waals surface area contributed by atoms with Crippen LogP contribution in [0.3, 0.4) is 0 Å². The number of nitrogens with zero attached hydrogens (tertiary/aromatic N) is 4. The molecule has 1 saturated carbocycles. The van der Waals surface area contributed by atoms with Crippen LogP contribution in [0.15, 0.2) is 30.6 Å². The number of rotatable bonds is 4. The second kappa shape index (κ2) is 4.99. The summed E-state index contributed by atoms with van der Waals surface area (Å²) < 4.78 is 1.67. The van der Waals surface area contributed by atoms with E-state index in [1.165, 1.54) is 12.8 Å². The third-order valence-corrected chi connectivity index (χ3v) is 3.95. The second-order valence-electron chi connectivity index (χ2n) is 5.62. The highest BCUT2D eigenvalue weighted by molar-refractivity contribution is 5.51. The first kappa shape index (κ1) is 12.1. The zero-order valence-electron chi connectivity index (χ0n) is 11.3. The molecule has 1 N–H and O–H groups in total. The van der Waals surface area contributed by atoms with Crippen molar-refractivity contribution < 1.29 is 0 Å². The maximum atomic E-state index is 3.90. The van der Waals surface area contributed by atoms with E-state index in [-0.39, 0.29) is 0 Å². The molecule has 0 atom stereocenters. The summed E-state index contributed by atoms with van der Waals surface area (Å²) in [6, 6.07) is 8.81. The summed E-state index contributed by atoms with van der Waals surface area (Å²) >= 11 is 0. The van der Waals surface area contributed by atoms with Gasteiger partial charge in [-0.15, -0.1) is 5.10 Å². The van der Waals surface area contributed by atoms with Crippen molar-refractivity contribution in [2.45, 2.75) is 32.7 Å². The van der Waals surface area contributed by atoms with Gasteiger partial charge in [0, 0.05) is 11.7 Å². The van der Waals surface area contributed by atoms with Gasteiger partial charge in [0.05, 0.1) is 5.69 Å². The fourth-order valence-electron chi connectivity index (χ4n) is 2.58. The summed E-state index contributed by atoms with van der Waals surface area (Å²) in [5, 5.41) is 14.8. The molecule has 5 nitrogen and oxygen atoms in total. The summed E-state index contributed by atoms with van der Waals surface area (Å²) in [7, 11) is 0. The maximum Gasteiger partial charge on any atom is 0.143 e. The molecule has 100 valence electrons. The molecular weight excluding hydrogens is 238 g/mol. The van der Waals surface area contributed by atoms with Crippen LogP contribution >= 0.6 is 0 Å². The van der Waals surface area contributed by atoms with E-state index in [0.717, 1.165) is 23.2 Å². The Morgan fingerprint density at radius 3 is 2.84 bits per heavy atom. The zero-order chi connectivity index (χ0) is 13.2. The zero-order valence-corrected chi connectivity index (χ0v) is 11.3.